The number of amides is 1. The zero-order chi connectivity index (χ0) is 16.2. The van der Waals surface area contributed by atoms with Crippen LogP contribution in [0.4, 0.5) is 0 Å². The maximum atomic E-state index is 12.7. The number of nitrogens with two attached hydrogens (primary N) is 1. The summed E-state index contributed by atoms with van der Waals surface area (Å²) in [6.45, 7) is 3.76. The number of benzene rings is 1. The number of carbonyl (C=O) groups excluding carboxylic acids is 1. The summed E-state index contributed by atoms with van der Waals surface area (Å²) < 4.78 is 27.7. The standard InChI is InChI=1S/C13H18Br2N2O3S/c1-3-4-5-17(8-13(16)18)21(19,20)12-7-10(14)9(2)6-11(12)15/h6-7H,3-5,8H2,1-2H3,(H2,16,18). The quantitative estimate of drug-likeness (QED) is 0.706. The Labute approximate surface area is 142 Å². The van der Waals surface area contributed by atoms with Gasteiger partial charge in [0.05, 0.1) is 11.4 Å². The molecule has 2 N–H and O–H groups in total. The highest BCUT2D eigenvalue weighted by Gasteiger charge is 2.28. The fourth-order valence-corrected chi connectivity index (χ4v) is 4.84. The molecule has 0 bridgehead atoms. The lowest BCUT2D eigenvalue weighted by Gasteiger charge is -2.21. The Kier molecular flexibility index (Phi) is 6.83. The van der Waals surface area contributed by atoms with Crippen LogP contribution in [0.5, 0.6) is 0 Å². The van der Waals surface area contributed by atoms with E-state index in [2.05, 4.69) is 31.9 Å². The van der Waals surface area contributed by atoms with Gasteiger partial charge in [0.2, 0.25) is 15.9 Å². The van der Waals surface area contributed by atoms with Crippen LogP contribution in [-0.2, 0) is 14.8 Å². The second-order valence-electron chi connectivity index (χ2n) is 4.69. The van der Waals surface area contributed by atoms with Crippen molar-refractivity contribution < 1.29 is 13.2 Å². The van der Waals surface area contributed by atoms with Gasteiger partial charge in [-0.3, -0.25) is 4.79 Å². The zero-order valence-corrected chi connectivity index (χ0v) is 15.9. The van der Waals surface area contributed by atoms with Crippen LogP contribution < -0.4 is 5.73 Å². The number of rotatable bonds is 7. The van der Waals surface area contributed by atoms with Crippen molar-refractivity contribution >= 4 is 47.8 Å². The van der Waals surface area contributed by atoms with E-state index < -0.39 is 15.9 Å². The third-order valence-corrected chi connectivity index (χ3v) is 6.58. The molecule has 0 atom stereocenters. The second-order valence-corrected chi connectivity index (χ2v) is 8.31. The third kappa shape index (κ3) is 4.77. The average Bonchev–Trinajstić information content (AvgIpc) is 2.38. The fraction of sp³-hybridized carbons (Fsp3) is 0.462. The highest BCUT2D eigenvalue weighted by molar-refractivity contribution is 9.11. The molecule has 0 saturated carbocycles. The normalized spacial score (nSPS) is 11.9. The van der Waals surface area contributed by atoms with Gasteiger partial charge in [-0.05, 0) is 47.0 Å². The number of hydrogen-bond donors (Lipinski definition) is 1. The molecule has 0 fully saturated rings. The lowest BCUT2D eigenvalue weighted by Crippen LogP contribution is -2.39. The molecule has 0 unspecified atom stereocenters. The van der Waals surface area contributed by atoms with E-state index in [1.807, 2.05) is 13.8 Å². The van der Waals surface area contributed by atoms with Crippen LogP contribution in [0.2, 0.25) is 0 Å². The number of halogens is 2. The number of aryl methyl sites for hydroxylation is 1. The lowest BCUT2D eigenvalue weighted by molar-refractivity contribution is -0.118. The number of hydrogen-bond acceptors (Lipinski definition) is 3. The van der Waals surface area contributed by atoms with Crippen molar-refractivity contribution in [2.45, 2.75) is 31.6 Å². The van der Waals surface area contributed by atoms with Crippen molar-refractivity contribution in [3.8, 4) is 0 Å². The van der Waals surface area contributed by atoms with E-state index >= 15 is 0 Å². The summed E-state index contributed by atoms with van der Waals surface area (Å²) in [5.41, 5.74) is 6.08. The van der Waals surface area contributed by atoms with Crippen LogP contribution in [0.1, 0.15) is 25.3 Å². The topological polar surface area (TPSA) is 80.5 Å². The summed E-state index contributed by atoms with van der Waals surface area (Å²) >= 11 is 6.61. The van der Waals surface area contributed by atoms with Crippen LogP contribution in [0.25, 0.3) is 0 Å². The molecule has 0 saturated heterocycles. The maximum Gasteiger partial charge on any atom is 0.244 e. The van der Waals surface area contributed by atoms with E-state index in [0.29, 0.717) is 15.4 Å². The van der Waals surface area contributed by atoms with Gasteiger partial charge < -0.3 is 5.73 Å². The van der Waals surface area contributed by atoms with Crippen LogP contribution in [0, 0.1) is 6.92 Å². The van der Waals surface area contributed by atoms with Crippen molar-refractivity contribution in [2.75, 3.05) is 13.1 Å². The molecule has 0 aromatic heterocycles. The van der Waals surface area contributed by atoms with Crippen molar-refractivity contribution in [3.05, 3.63) is 26.6 Å². The zero-order valence-electron chi connectivity index (χ0n) is 11.9. The Bertz CT molecular complexity index is 633. The molecule has 21 heavy (non-hydrogen) atoms. The first kappa shape index (κ1) is 18.6. The average molecular weight is 442 g/mol. The minimum Gasteiger partial charge on any atom is -0.369 e. The minimum absolute atomic E-state index is 0.123. The van der Waals surface area contributed by atoms with Crippen LogP contribution >= 0.6 is 31.9 Å². The molecule has 1 aromatic carbocycles. The number of carbonyl (C=O) groups is 1. The van der Waals surface area contributed by atoms with E-state index in [1.165, 1.54) is 6.07 Å². The highest BCUT2D eigenvalue weighted by Crippen LogP contribution is 2.30. The van der Waals surface area contributed by atoms with Crippen LogP contribution in [-0.4, -0.2) is 31.7 Å². The first-order chi connectivity index (χ1) is 9.70. The van der Waals surface area contributed by atoms with E-state index in [0.717, 1.165) is 16.3 Å². The van der Waals surface area contributed by atoms with Crippen molar-refractivity contribution in [2.24, 2.45) is 5.73 Å². The Morgan fingerprint density at radius 2 is 1.90 bits per heavy atom. The van der Waals surface area contributed by atoms with Gasteiger partial charge in [-0.2, -0.15) is 4.31 Å². The molecule has 118 valence electrons. The van der Waals surface area contributed by atoms with E-state index in [9.17, 15) is 13.2 Å². The Morgan fingerprint density at radius 3 is 2.43 bits per heavy atom. The van der Waals surface area contributed by atoms with Crippen LogP contribution in [0.3, 0.4) is 0 Å². The number of nitrogens with zero attached hydrogens (tertiary/aromatic N) is 1. The summed E-state index contributed by atoms with van der Waals surface area (Å²) in [5, 5.41) is 0. The minimum atomic E-state index is -3.78. The fourth-order valence-electron chi connectivity index (χ4n) is 1.76. The smallest absolute Gasteiger partial charge is 0.244 e. The molecule has 5 nitrogen and oxygen atoms in total. The van der Waals surface area contributed by atoms with Crippen molar-refractivity contribution in [3.63, 3.8) is 0 Å². The number of primary amides is 1. The number of unbranched alkanes of at least 4 members (excludes halogenated alkanes) is 1. The van der Waals surface area contributed by atoms with Gasteiger partial charge >= 0.3 is 0 Å². The Hall–Kier alpha value is -0.440. The van der Waals surface area contributed by atoms with Gasteiger partial charge in [-0.25, -0.2) is 8.42 Å². The van der Waals surface area contributed by atoms with E-state index in [1.54, 1.807) is 6.07 Å². The molecular formula is C13H18Br2N2O3S. The summed E-state index contributed by atoms with van der Waals surface area (Å²) in [6.07, 6.45) is 1.49. The Morgan fingerprint density at radius 1 is 1.29 bits per heavy atom. The van der Waals surface area contributed by atoms with Gasteiger partial charge in [-0.1, -0.05) is 29.3 Å². The van der Waals surface area contributed by atoms with Crippen molar-refractivity contribution in [1.29, 1.82) is 0 Å². The molecular weight excluding hydrogens is 424 g/mol. The second kappa shape index (κ2) is 7.71. The summed E-state index contributed by atoms with van der Waals surface area (Å²) in [4.78, 5) is 11.3. The molecule has 0 spiro atoms. The Balaban J connectivity index is 3.27. The summed E-state index contributed by atoms with van der Waals surface area (Å²) in [7, 11) is -3.78. The SMILES string of the molecule is CCCCN(CC(N)=O)S(=O)(=O)c1cc(Br)c(C)cc1Br. The molecule has 0 radical (unpaired) electrons. The monoisotopic (exact) mass is 440 g/mol. The molecule has 1 aromatic rings. The molecule has 0 heterocycles. The predicted octanol–water partition coefficient (Wildman–Crippen LogP) is 2.80. The van der Waals surface area contributed by atoms with E-state index in [-0.39, 0.29) is 18.0 Å². The molecule has 0 aliphatic carbocycles. The van der Waals surface area contributed by atoms with Gasteiger partial charge in [0.1, 0.15) is 0 Å². The molecule has 0 aliphatic heterocycles. The molecule has 8 heteroatoms. The van der Waals surface area contributed by atoms with Crippen LogP contribution in [0.15, 0.2) is 26.0 Å². The summed E-state index contributed by atoms with van der Waals surface area (Å²) in [5.74, 6) is -0.669. The first-order valence-electron chi connectivity index (χ1n) is 6.44. The highest BCUT2D eigenvalue weighted by atomic mass is 79.9. The van der Waals surface area contributed by atoms with E-state index in [4.69, 9.17) is 5.73 Å². The molecule has 1 amide bonds. The van der Waals surface area contributed by atoms with Gasteiger partial charge in [0, 0.05) is 15.5 Å². The predicted molar refractivity (Wildman–Crippen MR) is 89.4 cm³/mol. The van der Waals surface area contributed by atoms with Gasteiger partial charge in [-0.15, -0.1) is 0 Å². The first-order valence-corrected chi connectivity index (χ1v) is 9.46. The lowest BCUT2D eigenvalue weighted by atomic mass is 10.2. The summed E-state index contributed by atoms with van der Waals surface area (Å²) in [6, 6.07) is 3.26. The molecule has 0 aliphatic rings. The third-order valence-electron chi connectivity index (χ3n) is 2.92. The largest absolute Gasteiger partial charge is 0.369 e. The van der Waals surface area contributed by atoms with Crippen molar-refractivity contribution in [1.82, 2.24) is 4.31 Å². The van der Waals surface area contributed by atoms with Gasteiger partial charge in [0.15, 0.2) is 0 Å². The maximum absolute atomic E-state index is 12.7. The number of sulfonamides is 1. The molecule has 1 rings (SSSR count). The van der Waals surface area contributed by atoms with Gasteiger partial charge in [0.25, 0.3) is 0 Å².